The molecule has 2 aromatic heterocycles. The fourth-order valence-electron chi connectivity index (χ4n) is 3.28. The van der Waals surface area contributed by atoms with E-state index in [0.29, 0.717) is 17.8 Å². The molecule has 3 heterocycles. The lowest BCUT2D eigenvalue weighted by Gasteiger charge is -2.25. The van der Waals surface area contributed by atoms with Crippen molar-refractivity contribution >= 4 is 22.9 Å². The van der Waals surface area contributed by atoms with Crippen molar-refractivity contribution in [3.63, 3.8) is 0 Å². The number of rotatable bonds is 4. The van der Waals surface area contributed by atoms with E-state index in [2.05, 4.69) is 21.3 Å². The summed E-state index contributed by atoms with van der Waals surface area (Å²) in [5, 5.41) is 2.12. The van der Waals surface area contributed by atoms with E-state index in [4.69, 9.17) is 0 Å². The smallest absolute Gasteiger partial charge is 0.193 e. The van der Waals surface area contributed by atoms with E-state index < -0.39 is 0 Å². The molecule has 0 spiro atoms. The molecule has 3 rings (SSSR count). The summed E-state index contributed by atoms with van der Waals surface area (Å²) >= 11 is 1.80. The highest BCUT2D eigenvalue weighted by molar-refractivity contribution is 7.10. The van der Waals surface area contributed by atoms with Crippen LogP contribution >= 0.6 is 11.3 Å². The third-order valence-corrected chi connectivity index (χ3v) is 5.35. The topological polar surface area (TPSA) is 53.2 Å². The molecule has 1 N–H and O–H groups in total. The maximum Gasteiger partial charge on any atom is 0.193 e. The van der Waals surface area contributed by atoms with E-state index in [0.717, 1.165) is 30.8 Å². The lowest BCUT2D eigenvalue weighted by molar-refractivity contribution is 0.0917. The summed E-state index contributed by atoms with van der Waals surface area (Å²) in [5.74, 6) is 0.0676. The SMILES string of the molecule is CC(=O)c1c(C)[nH]c(C(=O)CN2CCc3sccc3C2)c1C. The van der Waals surface area contributed by atoms with E-state index >= 15 is 0 Å². The van der Waals surface area contributed by atoms with Gasteiger partial charge in [-0.15, -0.1) is 11.3 Å². The van der Waals surface area contributed by atoms with Crippen LogP contribution in [0.2, 0.25) is 0 Å². The van der Waals surface area contributed by atoms with Crippen molar-refractivity contribution in [1.82, 2.24) is 9.88 Å². The summed E-state index contributed by atoms with van der Waals surface area (Å²) in [6.45, 7) is 7.38. The fraction of sp³-hybridized carbons (Fsp3) is 0.412. The number of carbonyl (C=O) groups is 2. The molecule has 0 saturated carbocycles. The zero-order valence-electron chi connectivity index (χ0n) is 13.2. The summed E-state index contributed by atoms with van der Waals surface area (Å²) in [6.07, 6.45) is 1.02. The van der Waals surface area contributed by atoms with Crippen molar-refractivity contribution in [2.24, 2.45) is 0 Å². The molecular weight excluding hydrogens is 296 g/mol. The van der Waals surface area contributed by atoms with E-state index in [-0.39, 0.29) is 11.6 Å². The summed E-state index contributed by atoms with van der Waals surface area (Å²) < 4.78 is 0. The Labute approximate surface area is 134 Å². The summed E-state index contributed by atoms with van der Waals surface area (Å²) in [5.41, 5.74) is 4.14. The lowest BCUT2D eigenvalue weighted by atomic mass is 10.0. The second-order valence-electron chi connectivity index (χ2n) is 5.93. The first-order chi connectivity index (χ1) is 10.5. The van der Waals surface area contributed by atoms with Gasteiger partial charge in [-0.05, 0) is 49.8 Å². The fourth-order valence-corrected chi connectivity index (χ4v) is 4.17. The standard InChI is InChI=1S/C17H20N2O2S/c1-10-16(12(3)20)11(2)18-17(10)14(21)9-19-6-4-15-13(8-19)5-7-22-15/h5,7,18H,4,6,8-9H2,1-3H3. The van der Waals surface area contributed by atoms with Gasteiger partial charge in [-0.25, -0.2) is 0 Å². The Morgan fingerprint density at radius 1 is 1.36 bits per heavy atom. The third kappa shape index (κ3) is 2.66. The van der Waals surface area contributed by atoms with E-state index in [1.54, 1.807) is 18.3 Å². The number of hydrogen-bond donors (Lipinski definition) is 1. The van der Waals surface area contributed by atoms with Crippen LogP contribution in [-0.4, -0.2) is 34.5 Å². The number of aromatic nitrogens is 1. The molecular formula is C17H20N2O2S. The van der Waals surface area contributed by atoms with Crippen molar-refractivity contribution in [1.29, 1.82) is 0 Å². The number of H-pyrrole nitrogens is 1. The molecule has 2 aromatic rings. The molecule has 4 nitrogen and oxygen atoms in total. The van der Waals surface area contributed by atoms with Crippen LogP contribution in [-0.2, 0) is 13.0 Å². The molecule has 0 unspecified atom stereocenters. The van der Waals surface area contributed by atoms with Crippen LogP contribution in [0.3, 0.4) is 0 Å². The van der Waals surface area contributed by atoms with Gasteiger partial charge in [0.2, 0.25) is 0 Å². The quantitative estimate of drug-likeness (QED) is 0.882. The minimum atomic E-state index is 0.00573. The molecule has 0 fully saturated rings. The minimum Gasteiger partial charge on any atom is -0.355 e. The number of fused-ring (bicyclic) bond motifs is 1. The van der Waals surface area contributed by atoms with Gasteiger partial charge in [-0.2, -0.15) is 0 Å². The van der Waals surface area contributed by atoms with Crippen molar-refractivity contribution in [3.05, 3.63) is 44.4 Å². The van der Waals surface area contributed by atoms with Crippen LogP contribution in [0.25, 0.3) is 0 Å². The molecule has 0 radical (unpaired) electrons. The van der Waals surface area contributed by atoms with Gasteiger partial charge in [-0.3, -0.25) is 14.5 Å². The molecule has 0 bridgehead atoms. The normalized spacial score (nSPS) is 14.9. The molecule has 0 saturated heterocycles. The Morgan fingerprint density at radius 2 is 2.14 bits per heavy atom. The van der Waals surface area contributed by atoms with E-state index in [9.17, 15) is 9.59 Å². The molecule has 0 aliphatic carbocycles. The summed E-state index contributed by atoms with van der Waals surface area (Å²) in [4.78, 5) is 31.0. The largest absolute Gasteiger partial charge is 0.355 e. The number of ketones is 2. The number of aryl methyl sites for hydroxylation is 1. The minimum absolute atomic E-state index is 0.00573. The number of Topliss-reactive ketones (excluding diaryl/α,β-unsaturated/α-hetero) is 2. The number of thiophene rings is 1. The first-order valence-electron chi connectivity index (χ1n) is 7.48. The molecule has 116 valence electrons. The van der Waals surface area contributed by atoms with Crippen LogP contribution < -0.4 is 0 Å². The second kappa shape index (κ2) is 5.82. The molecule has 0 atom stereocenters. The number of aromatic amines is 1. The van der Waals surface area contributed by atoms with E-state index in [1.165, 1.54) is 10.4 Å². The molecule has 0 aromatic carbocycles. The van der Waals surface area contributed by atoms with Gasteiger partial charge < -0.3 is 4.98 Å². The first kappa shape index (κ1) is 15.2. The average Bonchev–Trinajstić information content (AvgIpc) is 3.02. The maximum atomic E-state index is 12.6. The Balaban J connectivity index is 1.76. The van der Waals surface area contributed by atoms with Gasteiger partial charge in [0.25, 0.3) is 0 Å². The lowest BCUT2D eigenvalue weighted by Crippen LogP contribution is -2.34. The van der Waals surface area contributed by atoms with Gasteiger partial charge in [0.05, 0.1) is 12.2 Å². The first-order valence-corrected chi connectivity index (χ1v) is 8.36. The Hall–Kier alpha value is -1.72. The number of carbonyl (C=O) groups excluding carboxylic acids is 2. The Kier molecular flexibility index (Phi) is 4.02. The van der Waals surface area contributed by atoms with Crippen LogP contribution in [0, 0.1) is 13.8 Å². The van der Waals surface area contributed by atoms with Gasteiger partial charge in [-0.1, -0.05) is 0 Å². The zero-order chi connectivity index (χ0) is 15.9. The average molecular weight is 316 g/mol. The zero-order valence-corrected chi connectivity index (χ0v) is 14.0. The number of nitrogens with zero attached hydrogens (tertiary/aromatic N) is 1. The van der Waals surface area contributed by atoms with Crippen molar-refractivity contribution in [3.8, 4) is 0 Å². The number of nitrogens with one attached hydrogen (secondary N) is 1. The van der Waals surface area contributed by atoms with Crippen LogP contribution in [0.4, 0.5) is 0 Å². The van der Waals surface area contributed by atoms with Gasteiger partial charge in [0.15, 0.2) is 11.6 Å². The van der Waals surface area contributed by atoms with Gasteiger partial charge in [0, 0.05) is 29.2 Å². The molecule has 1 aliphatic rings. The van der Waals surface area contributed by atoms with Gasteiger partial charge in [0.1, 0.15) is 0 Å². The van der Waals surface area contributed by atoms with Crippen molar-refractivity contribution < 1.29 is 9.59 Å². The third-order valence-electron chi connectivity index (χ3n) is 4.32. The predicted molar refractivity (Wildman–Crippen MR) is 87.9 cm³/mol. The van der Waals surface area contributed by atoms with Crippen LogP contribution in [0.15, 0.2) is 11.4 Å². The second-order valence-corrected chi connectivity index (χ2v) is 6.93. The highest BCUT2D eigenvalue weighted by Gasteiger charge is 2.23. The van der Waals surface area contributed by atoms with Crippen molar-refractivity contribution in [2.45, 2.75) is 33.7 Å². The van der Waals surface area contributed by atoms with E-state index in [1.807, 2.05) is 13.8 Å². The predicted octanol–water partition coefficient (Wildman–Crippen LogP) is 3.14. The molecule has 0 amide bonds. The van der Waals surface area contributed by atoms with Crippen molar-refractivity contribution in [2.75, 3.05) is 13.1 Å². The van der Waals surface area contributed by atoms with Crippen LogP contribution in [0.1, 0.15) is 49.5 Å². The highest BCUT2D eigenvalue weighted by Crippen LogP contribution is 2.25. The van der Waals surface area contributed by atoms with Crippen LogP contribution in [0.5, 0.6) is 0 Å². The summed E-state index contributed by atoms with van der Waals surface area (Å²) in [6, 6.07) is 2.15. The molecule has 1 aliphatic heterocycles. The summed E-state index contributed by atoms with van der Waals surface area (Å²) in [7, 11) is 0. The Bertz CT molecular complexity index is 742. The monoisotopic (exact) mass is 316 g/mol. The maximum absolute atomic E-state index is 12.6. The van der Waals surface area contributed by atoms with Gasteiger partial charge >= 0.3 is 0 Å². The highest BCUT2D eigenvalue weighted by atomic mass is 32.1. The number of hydrogen-bond acceptors (Lipinski definition) is 4. The molecule has 22 heavy (non-hydrogen) atoms. The Morgan fingerprint density at radius 3 is 2.82 bits per heavy atom. The molecule has 5 heteroatoms.